The minimum absolute atomic E-state index is 0.107. The Balaban J connectivity index is 2.07. The minimum atomic E-state index is -0.107. The third kappa shape index (κ3) is 2.18. The zero-order valence-corrected chi connectivity index (χ0v) is 11.5. The monoisotopic (exact) mass is 266 g/mol. The molecule has 0 radical (unpaired) electrons. The van der Waals surface area contributed by atoms with Crippen LogP contribution in [-0.4, -0.2) is 17.4 Å². The molecule has 0 saturated heterocycles. The smallest absolute Gasteiger partial charge is 0.254 e. The fraction of sp³-hybridized carbons (Fsp3) is 0.353. The number of aryl methyl sites for hydroxylation is 2. The van der Waals surface area contributed by atoms with Crippen LogP contribution in [0.3, 0.4) is 0 Å². The summed E-state index contributed by atoms with van der Waals surface area (Å²) >= 11 is 0. The van der Waals surface area contributed by atoms with Crippen LogP contribution in [0, 0.1) is 12.3 Å². The zero-order chi connectivity index (χ0) is 13.9. The summed E-state index contributed by atoms with van der Waals surface area (Å²) in [6, 6.07) is 5.91. The molecular formula is C17H18N2O. The highest BCUT2D eigenvalue weighted by Gasteiger charge is 2.18. The van der Waals surface area contributed by atoms with Gasteiger partial charge in [-0.3, -0.25) is 4.79 Å². The maximum atomic E-state index is 12.2. The Labute approximate surface area is 118 Å². The Morgan fingerprint density at radius 3 is 3.00 bits per heavy atom. The van der Waals surface area contributed by atoms with Gasteiger partial charge in [-0.15, -0.1) is 6.42 Å². The van der Waals surface area contributed by atoms with Gasteiger partial charge < -0.3 is 10.3 Å². The molecule has 1 aliphatic rings. The molecule has 0 spiro atoms. The highest BCUT2D eigenvalue weighted by atomic mass is 16.1. The summed E-state index contributed by atoms with van der Waals surface area (Å²) in [5, 5.41) is 3.93. The quantitative estimate of drug-likeness (QED) is 0.637. The molecule has 0 fully saturated rings. The van der Waals surface area contributed by atoms with Gasteiger partial charge in [-0.1, -0.05) is 24.5 Å². The van der Waals surface area contributed by atoms with Crippen LogP contribution in [0.2, 0.25) is 0 Å². The summed E-state index contributed by atoms with van der Waals surface area (Å²) in [5.41, 5.74) is 4.33. The van der Waals surface area contributed by atoms with E-state index in [0.717, 1.165) is 18.4 Å². The highest BCUT2D eigenvalue weighted by molar-refractivity contribution is 6.06. The van der Waals surface area contributed by atoms with Crippen molar-refractivity contribution in [3.05, 3.63) is 35.0 Å². The van der Waals surface area contributed by atoms with Crippen LogP contribution in [-0.2, 0) is 12.8 Å². The van der Waals surface area contributed by atoms with E-state index in [4.69, 9.17) is 6.42 Å². The van der Waals surface area contributed by atoms with E-state index >= 15 is 0 Å². The summed E-state index contributed by atoms with van der Waals surface area (Å²) in [6.45, 7) is 0.260. The van der Waals surface area contributed by atoms with Crippen molar-refractivity contribution < 1.29 is 4.79 Å². The summed E-state index contributed by atoms with van der Waals surface area (Å²) in [6.07, 6.45) is 11.1. The summed E-state index contributed by atoms with van der Waals surface area (Å²) in [7, 11) is 0. The van der Waals surface area contributed by atoms with Crippen molar-refractivity contribution in [2.45, 2.75) is 32.1 Å². The van der Waals surface area contributed by atoms with Crippen molar-refractivity contribution in [1.82, 2.24) is 10.3 Å². The maximum absolute atomic E-state index is 12.2. The van der Waals surface area contributed by atoms with Gasteiger partial charge in [0.25, 0.3) is 5.91 Å². The number of aromatic amines is 1. The SMILES string of the molecule is C#CCNC(=O)c1cccc2c3c([nH]c12)CCCCC3. The van der Waals surface area contributed by atoms with E-state index in [0.29, 0.717) is 5.56 Å². The average Bonchev–Trinajstić information content (AvgIpc) is 2.66. The summed E-state index contributed by atoms with van der Waals surface area (Å²) < 4.78 is 0. The number of amides is 1. The Morgan fingerprint density at radius 1 is 1.30 bits per heavy atom. The predicted octanol–water partition coefficient (Wildman–Crippen LogP) is 2.80. The number of aromatic nitrogens is 1. The van der Waals surface area contributed by atoms with Gasteiger partial charge in [-0.25, -0.2) is 0 Å². The van der Waals surface area contributed by atoms with Crippen molar-refractivity contribution in [2.75, 3.05) is 6.54 Å². The van der Waals surface area contributed by atoms with Gasteiger partial charge in [0.15, 0.2) is 0 Å². The molecule has 0 bridgehead atoms. The standard InChI is InChI=1S/C17H18N2O/c1-2-11-18-17(20)14-9-6-8-13-12-7-4-3-5-10-15(12)19-16(13)14/h1,6,8-9,19H,3-5,7,10-11H2,(H,18,20). The number of hydrogen-bond acceptors (Lipinski definition) is 1. The van der Waals surface area contributed by atoms with Crippen molar-refractivity contribution in [2.24, 2.45) is 0 Å². The van der Waals surface area contributed by atoms with E-state index in [1.165, 1.54) is 35.9 Å². The number of nitrogens with one attached hydrogen (secondary N) is 2. The van der Waals surface area contributed by atoms with Gasteiger partial charge in [0, 0.05) is 11.1 Å². The van der Waals surface area contributed by atoms with Crippen LogP contribution in [0.4, 0.5) is 0 Å². The second-order valence-corrected chi connectivity index (χ2v) is 5.26. The van der Waals surface area contributed by atoms with Crippen LogP contribution in [0.5, 0.6) is 0 Å². The Bertz CT molecular complexity index is 691. The van der Waals surface area contributed by atoms with Crippen molar-refractivity contribution in [1.29, 1.82) is 0 Å². The third-order valence-corrected chi connectivity index (χ3v) is 3.98. The minimum Gasteiger partial charge on any atom is -0.358 e. The number of para-hydroxylation sites is 1. The van der Waals surface area contributed by atoms with E-state index in [9.17, 15) is 4.79 Å². The first kappa shape index (κ1) is 12.8. The van der Waals surface area contributed by atoms with Gasteiger partial charge in [-0.05, 0) is 37.3 Å². The fourth-order valence-corrected chi connectivity index (χ4v) is 3.02. The molecule has 2 N–H and O–H groups in total. The molecule has 1 heterocycles. The third-order valence-electron chi connectivity index (χ3n) is 3.98. The molecule has 3 nitrogen and oxygen atoms in total. The Hall–Kier alpha value is -2.21. The van der Waals surface area contributed by atoms with Crippen LogP contribution in [0.1, 0.15) is 40.9 Å². The molecule has 0 unspecified atom stereocenters. The molecule has 1 amide bonds. The molecule has 0 atom stereocenters. The zero-order valence-electron chi connectivity index (χ0n) is 11.5. The average molecular weight is 266 g/mol. The van der Waals surface area contributed by atoms with Crippen LogP contribution < -0.4 is 5.32 Å². The molecule has 0 aliphatic heterocycles. The molecule has 1 aromatic heterocycles. The van der Waals surface area contributed by atoms with Crippen LogP contribution >= 0.6 is 0 Å². The van der Waals surface area contributed by atoms with E-state index in [1.54, 1.807) is 0 Å². The van der Waals surface area contributed by atoms with Gasteiger partial charge in [-0.2, -0.15) is 0 Å². The topological polar surface area (TPSA) is 44.9 Å². The number of carbonyl (C=O) groups excluding carboxylic acids is 1. The molecule has 1 aromatic carbocycles. The van der Waals surface area contributed by atoms with Crippen LogP contribution in [0.15, 0.2) is 18.2 Å². The molecule has 102 valence electrons. The maximum Gasteiger partial charge on any atom is 0.254 e. The molecule has 3 rings (SSSR count). The van der Waals surface area contributed by atoms with E-state index in [2.05, 4.69) is 22.3 Å². The van der Waals surface area contributed by atoms with E-state index < -0.39 is 0 Å². The van der Waals surface area contributed by atoms with Gasteiger partial charge in [0.05, 0.1) is 17.6 Å². The number of benzene rings is 1. The molecule has 0 saturated carbocycles. The first-order valence-corrected chi connectivity index (χ1v) is 7.15. The van der Waals surface area contributed by atoms with E-state index in [1.807, 2.05) is 12.1 Å². The Kier molecular flexibility index (Phi) is 3.47. The molecule has 20 heavy (non-hydrogen) atoms. The number of rotatable bonds is 2. The number of carbonyl (C=O) groups is 1. The van der Waals surface area contributed by atoms with Gasteiger partial charge >= 0.3 is 0 Å². The molecule has 1 aliphatic carbocycles. The fourth-order valence-electron chi connectivity index (χ4n) is 3.02. The predicted molar refractivity (Wildman–Crippen MR) is 80.7 cm³/mol. The lowest BCUT2D eigenvalue weighted by Crippen LogP contribution is -2.23. The lowest BCUT2D eigenvalue weighted by atomic mass is 10.0. The number of terminal acetylenes is 1. The second kappa shape index (κ2) is 5.42. The largest absolute Gasteiger partial charge is 0.358 e. The normalized spacial score (nSPS) is 14.3. The molecular weight excluding hydrogens is 248 g/mol. The first-order chi connectivity index (χ1) is 9.81. The van der Waals surface area contributed by atoms with Crippen molar-refractivity contribution in [3.63, 3.8) is 0 Å². The highest BCUT2D eigenvalue weighted by Crippen LogP contribution is 2.30. The van der Waals surface area contributed by atoms with Crippen LogP contribution in [0.25, 0.3) is 10.9 Å². The molecule has 2 aromatic rings. The first-order valence-electron chi connectivity index (χ1n) is 7.15. The lowest BCUT2D eigenvalue weighted by Gasteiger charge is -2.04. The second-order valence-electron chi connectivity index (χ2n) is 5.26. The van der Waals surface area contributed by atoms with Crippen molar-refractivity contribution in [3.8, 4) is 12.3 Å². The van der Waals surface area contributed by atoms with Gasteiger partial charge in [0.1, 0.15) is 0 Å². The van der Waals surface area contributed by atoms with Gasteiger partial charge in [0.2, 0.25) is 0 Å². The van der Waals surface area contributed by atoms with E-state index in [-0.39, 0.29) is 12.5 Å². The summed E-state index contributed by atoms with van der Waals surface area (Å²) in [4.78, 5) is 15.6. The number of hydrogen-bond donors (Lipinski definition) is 2. The van der Waals surface area contributed by atoms with Crippen molar-refractivity contribution >= 4 is 16.8 Å². The molecule has 3 heteroatoms. The summed E-state index contributed by atoms with van der Waals surface area (Å²) in [5.74, 6) is 2.32. The number of fused-ring (bicyclic) bond motifs is 3. The Morgan fingerprint density at radius 2 is 2.15 bits per heavy atom. The number of H-pyrrole nitrogens is 1. The lowest BCUT2D eigenvalue weighted by molar-refractivity contribution is 0.0960.